The molecule has 8 heteroatoms. The lowest BCUT2D eigenvalue weighted by atomic mass is 9.99. The van der Waals surface area contributed by atoms with Gasteiger partial charge in [0.2, 0.25) is 5.91 Å². The van der Waals surface area contributed by atoms with E-state index < -0.39 is 29.6 Å². The molecule has 1 unspecified atom stereocenters. The monoisotopic (exact) mass is 387 g/mol. The van der Waals surface area contributed by atoms with Crippen LogP contribution in [0.1, 0.15) is 6.92 Å². The van der Waals surface area contributed by atoms with E-state index in [0.29, 0.717) is 10.7 Å². The molecule has 2 aromatic rings. The minimum absolute atomic E-state index is 0.231. The van der Waals surface area contributed by atoms with E-state index in [1.807, 2.05) is 0 Å². The topological polar surface area (TPSA) is 78.5 Å². The van der Waals surface area contributed by atoms with Gasteiger partial charge in [0.05, 0.1) is 5.69 Å². The van der Waals surface area contributed by atoms with Crippen LogP contribution in [0.3, 0.4) is 0 Å². The number of imide groups is 2. The van der Waals surface area contributed by atoms with Crippen molar-refractivity contribution in [3.8, 4) is 0 Å². The maximum Gasteiger partial charge on any atom is 0.335 e. The van der Waals surface area contributed by atoms with Gasteiger partial charge in [-0.3, -0.25) is 14.9 Å². The summed E-state index contributed by atoms with van der Waals surface area (Å²) in [6.07, 6.45) is 1.53. The van der Waals surface area contributed by atoms with E-state index in [4.69, 9.17) is 11.6 Å². The van der Waals surface area contributed by atoms with Gasteiger partial charge >= 0.3 is 6.03 Å². The number of hydrogen-bond donors (Lipinski definition) is 2. The number of halogens is 2. The molecule has 0 saturated carbocycles. The van der Waals surface area contributed by atoms with Gasteiger partial charge < -0.3 is 5.32 Å². The predicted octanol–water partition coefficient (Wildman–Crippen LogP) is 3.69. The van der Waals surface area contributed by atoms with Crippen LogP contribution in [0.25, 0.3) is 0 Å². The predicted molar refractivity (Wildman–Crippen MR) is 99.7 cm³/mol. The van der Waals surface area contributed by atoms with E-state index in [9.17, 15) is 18.8 Å². The van der Waals surface area contributed by atoms with Crippen molar-refractivity contribution >= 4 is 40.8 Å². The fraction of sp³-hybridized carbons (Fsp3) is 0.105. The number of urea groups is 1. The number of carbonyl (C=O) groups excluding carboxylic acids is 3. The molecule has 2 aromatic carbocycles. The normalized spacial score (nSPS) is 17.7. The van der Waals surface area contributed by atoms with Crippen molar-refractivity contribution in [2.24, 2.45) is 5.92 Å². The first kappa shape index (κ1) is 18.6. The second kappa shape index (κ2) is 7.59. The highest BCUT2D eigenvalue weighted by Gasteiger charge is 2.43. The number of hydrogen-bond acceptors (Lipinski definition) is 4. The van der Waals surface area contributed by atoms with Gasteiger partial charge in [-0.05, 0) is 49.4 Å². The Morgan fingerprint density at radius 1 is 1.19 bits per heavy atom. The Morgan fingerprint density at radius 2 is 1.89 bits per heavy atom. The summed E-state index contributed by atoms with van der Waals surface area (Å²) in [5.41, 5.74) is 0.883. The number of carbonyl (C=O) groups is 3. The number of anilines is 2. The highest BCUT2D eigenvalue weighted by atomic mass is 35.5. The van der Waals surface area contributed by atoms with Crippen LogP contribution in [0.2, 0.25) is 5.02 Å². The van der Waals surface area contributed by atoms with E-state index >= 15 is 0 Å². The first-order valence-corrected chi connectivity index (χ1v) is 8.41. The fourth-order valence-electron chi connectivity index (χ4n) is 2.73. The van der Waals surface area contributed by atoms with E-state index in [1.165, 1.54) is 48.5 Å². The second-order valence-electron chi connectivity index (χ2n) is 5.76. The summed E-state index contributed by atoms with van der Waals surface area (Å²) in [5.74, 6) is -3.23. The molecule has 0 bridgehead atoms. The van der Waals surface area contributed by atoms with Crippen LogP contribution in [0, 0.1) is 11.7 Å². The van der Waals surface area contributed by atoms with Crippen LogP contribution >= 0.6 is 11.6 Å². The maximum absolute atomic E-state index is 13.4. The lowest BCUT2D eigenvalue weighted by molar-refractivity contribution is -0.132. The molecular formula is C19H15ClFN3O3. The Labute approximate surface area is 159 Å². The molecule has 1 fully saturated rings. The number of benzene rings is 2. The highest BCUT2D eigenvalue weighted by Crippen LogP contribution is 2.27. The first-order valence-electron chi connectivity index (χ1n) is 8.04. The number of barbiturate groups is 1. The molecule has 0 aromatic heterocycles. The van der Waals surface area contributed by atoms with Gasteiger partial charge in [0, 0.05) is 16.4 Å². The average Bonchev–Trinajstić information content (AvgIpc) is 2.62. The van der Waals surface area contributed by atoms with Crippen molar-refractivity contribution in [3.05, 3.63) is 71.1 Å². The van der Waals surface area contributed by atoms with E-state index in [1.54, 1.807) is 13.0 Å². The SMILES string of the molecule is CC=C(Nc1cccc(F)c1)C1C(=O)NC(=O)N(c2ccc(Cl)cc2)C1=O. The van der Waals surface area contributed by atoms with Crippen molar-refractivity contribution in [3.63, 3.8) is 0 Å². The van der Waals surface area contributed by atoms with Crippen LogP contribution in [-0.4, -0.2) is 17.8 Å². The highest BCUT2D eigenvalue weighted by molar-refractivity contribution is 6.31. The molecule has 0 aliphatic carbocycles. The molecule has 1 heterocycles. The molecule has 0 spiro atoms. The minimum atomic E-state index is -1.29. The quantitative estimate of drug-likeness (QED) is 0.784. The van der Waals surface area contributed by atoms with Crippen LogP contribution in [0.15, 0.2) is 60.3 Å². The molecule has 1 saturated heterocycles. The molecular weight excluding hydrogens is 373 g/mol. The number of nitrogens with zero attached hydrogens (tertiary/aromatic N) is 1. The van der Waals surface area contributed by atoms with Crippen molar-refractivity contribution in [2.45, 2.75) is 6.92 Å². The van der Waals surface area contributed by atoms with E-state index in [-0.39, 0.29) is 11.4 Å². The molecule has 3 rings (SSSR count). The molecule has 138 valence electrons. The Balaban J connectivity index is 1.92. The van der Waals surface area contributed by atoms with Crippen LogP contribution in [0.5, 0.6) is 0 Å². The zero-order chi connectivity index (χ0) is 19.6. The smallest absolute Gasteiger partial charge is 0.335 e. The molecule has 4 amide bonds. The molecule has 2 N–H and O–H groups in total. The van der Waals surface area contributed by atoms with Gasteiger partial charge in [-0.1, -0.05) is 23.7 Å². The Kier molecular flexibility index (Phi) is 5.23. The Morgan fingerprint density at radius 3 is 2.52 bits per heavy atom. The molecule has 0 radical (unpaired) electrons. The largest absolute Gasteiger partial charge is 0.358 e. The van der Waals surface area contributed by atoms with Crippen molar-refractivity contribution in [2.75, 3.05) is 10.2 Å². The summed E-state index contributed by atoms with van der Waals surface area (Å²) < 4.78 is 13.4. The lowest BCUT2D eigenvalue weighted by Gasteiger charge is -2.31. The lowest BCUT2D eigenvalue weighted by Crippen LogP contribution is -2.59. The zero-order valence-electron chi connectivity index (χ0n) is 14.2. The molecule has 6 nitrogen and oxygen atoms in total. The van der Waals surface area contributed by atoms with Crippen LogP contribution in [0.4, 0.5) is 20.6 Å². The van der Waals surface area contributed by atoms with Gasteiger partial charge in [0.25, 0.3) is 5.91 Å². The summed E-state index contributed by atoms with van der Waals surface area (Å²) in [4.78, 5) is 38.4. The summed E-state index contributed by atoms with van der Waals surface area (Å²) in [6, 6.07) is 10.8. The van der Waals surface area contributed by atoms with Gasteiger partial charge in [-0.25, -0.2) is 14.1 Å². The molecule has 1 atom stereocenters. The van der Waals surface area contributed by atoms with Gasteiger partial charge in [-0.15, -0.1) is 0 Å². The average molecular weight is 388 g/mol. The van der Waals surface area contributed by atoms with E-state index in [0.717, 1.165) is 4.90 Å². The second-order valence-corrected chi connectivity index (χ2v) is 6.19. The maximum atomic E-state index is 13.4. The zero-order valence-corrected chi connectivity index (χ0v) is 15.0. The van der Waals surface area contributed by atoms with E-state index in [2.05, 4.69) is 10.6 Å². The Bertz CT molecular complexity index is 943. The third-order valence-corrected chi connectivity index (χ3v) is 4.23. The van der Waals surface area contributed by atoms with Crippen molar-refractivity contribution < 1.29 is 18.8 Å². The van der Waals surface area contributed by atoms with Gasteiger partial charge in [-0.2, -0.15) is 0 Å². The minimum Gasteiger partial charge on any atom is -0.358 e. The molecule has 27 heavy (non-hydrogen) atoms. The van der Waals surface area contributed by atoms with Gasteiger partial charge in [0.1, 0.15) is 5.82 Å². The van der Waals surface area contributed by atoms with Gasteiger partial charge in [0.15, 0.2) is 5.92 Å². The number of allylic oxidation sites excluding steroid dienone is 1. The van der Waals surface area contributed by atoms with Crippen molar-refractivity contribution in [1.82, 2.24) is 5.32 Å². The summed E-state index contributed by atoms with van der Waals surface area (Å²) in [7, 11) is 0. The summed E-state index contributed by atoms with van der Waals surface area (Å²) >= 11 is 5.84. The van der Waals surface area contributed by atoms with Crippen LogP contribution < -0.4 is 15.5 Å². The number of amides is 4. The third-order valence-electron chi connectivity index (χ3n) is 3.98. The first-order chi connectivity index (χ1) is 12.9. The Hall–Kier alpha value is -3.19. The summed E-state index contributed by atoms with van der Waals surface area (Å²) in [5, 5.41) is 5.49. The fourth-order valence-corrected chi connectivity index (χ4v) is 2.85. The van der Waals surface area contributed by atoms with Crippen LogP contribution in [-0.2, 0) is 9.59 Å². The third kappa shape index (κ3) is 3.83. The molecule has 1 aliphatic heterocycles. The standard InChI is InChI=1S/C19H15ClFN3O3/c1-2-15(22-13-5-3-4-12(21)10-13)16-17(25)23-19(27)24(18(16)26)14-8-6-11(20)7-9-14/h2-10,16,22H,1H3,(H,23,25,27). The molecule has 1 aliphatic rings. The number of rotatable bonds is 4. The van der Waals surface area contributed by atoms with Crippen molar-refractivity contribution in [1.29, 1.82) is 0 Å². The number of nitrogens with one attached hydrogen (secondary N) is 2. The summed E-state index contributed by atoms with van der Waals surface area (Å²) in [6.45, 7) is 1.63.